The van der Waals surface area contributed by atoms with Gasteiger partial charge in [0.15, 0.2) is 0 Å². The highest BCUT2D eigenvalue weighted by molar-refractivity contribution is 5.85. The molecule has 1 aliphatic rings. The van der Waals surface area contributed by atoms with Crippen molar-refractivity contribution in [1.29, 1.82) is 0 Å². The van der Waals surface area contributed by atoms with Crippen molar-refractivity contribution in [2.75, 3.05) is 26.2 Å². The highest BCUT2D eigenvalue weighted by atomic mass is 35.5. The average Bonchev–Trinajstić information content (AvgIpc) is 2.55. The molecule has 1 unspecified atom stereocenters. The first-order valence-corrected chi connectivity index (χ1v) is 7.95. The predicted molar refractivity (Wildman–Crippen MR) is 91.1 cm³/mol. The molecule has 0 spiro atoms. The van der Waals surface area contributed by atoms with E-state index in [0.717, 1.165) is 37.8 Å². The van der Waals surface area contributed by atoms with Crippen LogP contribution >= 0.6 is 12.4 Å². The normalized spacial score (nSPS) is 17.9. The molecule has 1 aliphatic heterocycles. The molecule has 0 saturated carbocycles. The Bertz CT molecular complexity index is 428. The van der Waals surface area contributed by atoms with Crippen LogP contribution in [0.4, 0.5) is 0 Å². The zero-order chi connectivity index (χ0) is 14.9. The molecule has 0 aromatic heterocycles. The standard InChI is InChI=1S/C17H26N2O2.ClH/c18-11-7-2-1-6-10-17(20)19-12-13-21-16(14-19)15-8-4-3-5-9-15;/h3-5,8-9,16H,1-2,6-7,10-14,18H2;1H. The van der Waals surface area contributed by atoms with Crippen LogP contribution in [0.1, 0.15) is 43.8 Å². The van der Waals surface area contributed by atoms with Gasteiger partial charge in [0, 0.05) is 13.0 Å². The van der Waals surface area contributed by atoms with Gasteiger partial charge in [-0.1, -0.05) is 43.2 Å². The summed E-state index contributed by atoms with van der Waals surface area (Å²) < 4.78 is 5.79. The van der Waals surface area contributed by atoms with Crippen LogP contribution < -0.4 is 5.73 Å². The molecule has 1 atom stereocenters. The molecule has 5 heteroatoms. The van der Waals surface area contributed by atoms with E-state index in [-0.39, 0.29) is 24.4 Å². The number of morpholine rings is 1. The van der Waals surface area contributed by atoms with Gasteiger partial charge in [-0.3, -0.25) is 4.79 Å². The van der Waals surface area contributed by atoms with E-state index in [1.54, 1.807) is 0 Å². The number of benzene rings is 1. The number of amides is 1. The smallest absolute Gasteiger partial charge is 0.222 e. The minimum Gasteiger partial charge on any atom is -0.370 e. The second-order valence-electron chi connectivity index (χ2n) is 5.56. The molecule has 2 rings (SSSR count). The van der Waals surface area contributed by atoms with Crippen LogP contribution in [0.3, 0.4) is 0 Å². The molecule has 1 amide bonds. The van der Waals surface area contributed by atoms with Crippen molar-refractivity contribution in [3.8, 4) is 0 Å². The number of hydrogen-bond acceptors (Lipinski definition) is 3. The van der Waals surface area contributed by atoms with E-state index < -0.39 is 0 Å². The number of nitrogens with two attached hydrogens (primary N) is 1. The van der Waals surface area contributed by atoms with Crippen LogP contribution in [0, 0.1) is 0 Å². The predicted octanol–water partition coefficient (Wildman–Crippen LogP) is 2.92. The number of hydrogen-bond donors (Lipinski definition) is 1. The molecule has 0 radical (unpaired) electrons. The zero-order valence-corrected chi connectivity index (χ0v) is 13.9. The van der Waals surface area contributed by atoms with E-state index >= 15 is 0 Å². The van der Waals surface area contributed by atoms with Crippen molar-refractivity contribution in [2.45, 2.75) is 38.2 Å². The maximum Gasteiger partial charge on any atom is 0.222 e. The number of carbonyl (C=O) groups excluding carboxylic acids is 1. The van der Waals surface area contributed by atoms with Crippen LogP contribution in [0.15, 0.2) is 30.3 Å². The Labute approximate surface area is 139 Å². The summed E-state index contributed by atoms with van der Waals surface area (Å²) in [5.41, 5.74) is 6.62. The Balaban J connectivity index is 0.00000242. The van der Waals surface area contributed by atoms with Crippen LogP contribution in [-0.4, -0.2) is 37.0 Å². The Kier molecular flexibility index (Phi) is 9.13. The minimum atomic E-state index is 0. The molecular formula is C17H27ClN2O2. The Hall–Kier alpha value is -1.10. The first-order valence-electron chi connectivity index (χ1n) is 7.95. The molecule has 1 aromatic carbocycles. The number of nitrogens with zero attached hydrogens (tertiary/aromatic N) is 1. The number of ether oxygens (including phenoxy) is 1. The first-order chi connectivity index (χ1) is 10.3. The van der Waals surface area contributed by atoms with Gasteiger partial charge in [0.25, 0.3) is 0 Å². The molecule has 2 N–H and O–H groups in total. The van der Waals surface area contributed by atoms with E-state index in [9.17, 15) is 4.79 Å². The lowest BCUT2D eigenvalue weighted by Gasteiger charge is -2.33. The van der Waals surface area contributed by atoms with Gasteiger partial charge in [-0.2, -0.15) is 0 Å². The van der Waals surface area contributed by atoms with E-state index in [2.05, 4.69) is 12.1 Å². The maximum absolute atomic E-state index is 12.3. The quantitative estimate of drug-likeness (QED) is 0.784. The van der Waals surface area contributed by atoms with Crippen molar-refractivity contribution < 1.29 is 9.53 Å². The minimum absolute atomic E-state index is 0. The van der Waals surface area contributed by atoms with Gasteiger partial charge in [0.2, 0.25) is 5.91 Å². The molecule has 4 nitrogen and oxygen atoms in total. The van der Waals surface area contributed by atoms with Crippen molar-refractivity contribution in [1.82, 2.24) is 4.90 Å². The van der Waals surface area contributed by atoms with Gasteiger partial charge < -0.3 is 15.4 Å². The fourth-order valence-corrected chi connectivity index (χ4v) is 2.68. The third kappa shape index (κ3) is 5.95. The molecule has 1 fully saturated rings. The maximum atomic E-state index is 12.3. The Morgan fingerprint density at radius 2 is 1.91 bits per heavy atom. The highest BCUT2D eigenvalue weighted by Crippen LogP contribution is 2.22. The molecule has 1 aromatic rings. The van der Waals surface area contributed by atoms with Gasteiger partial charge in [-0.15, -0.1) is 12.4 Å². The SMILES string of the molecule is Cl.NCCCCCCC(=O)N1CCOC(c2ccccc2)C1. The molecule has 22 heavy (non-hydrogen) atoms. The summed E-state index contributed by atoms with van der Waals surface area (Å²) >= 11 is 0. The molecule has 124 valence electrons. The summed E-state index contributed by atoms with van der Waals surface area (Å²) in [5.74, 6) is 0.256. The molecule has 0 bridgehead atoms. The average molecular weight is 327 g/mol. The molecule has 0 aliphatic carbocycles. The van der Waals surface area contributed by atoms with Gasteiger partial charge >= 0.3 is 0 Å². The number of carbonyl (C=O) groups is 1. The lowest BCUT2D eigenvalue weighted by molar-refractivity contribution is -0.139. The summed E-state index contributed by atoms with van der Waals surface area (Å²) in [6, 6.07) is 10.1. The van der Waals surface area contributed by atoms with Crippen molar-refractivity contribution in [3.05, 3.63) is 35.9 Å². The van der Waals surface area contributed by atoms with Gasteiger partial charge in [0.05, 0.1) is 13.2 Å². The summed E-state index contributed by atoms with van der Waals surface area (Å²) in [5, 5.41) is 0. The van der Waals surface area contributed by atoms with Crippen LogP contribution in [0.2, 0.25) is 0 Å². The molecule has 1 heterocycles. The van der Waals surface area contributed by atoms with Gasteiger partial charge in [-0.25, -0.2) is 0 Å². The fraction of sp³-hybridized carbons (Fsp3) is 0.588. The monoisotopic (exact) mass is 326 g/mol. The second kappa shape index (κ2) is 10.6. The topological polar surface area (TPSA) is 55.6 Å². The van der Waals surface area contributed by atoms with Gasteiger partial charge in [0.1, 0.15) is 6.10 Å². The van der Waals surface area contributed by atoms with Crippen LogP contribution in [0.5, 0.6) is 0 Å². The fourth-order valence-electron chi connectivity index (χ4n) is 2.68. The largest absolute Gasteiger partial charge is 0.370 e. The highest BCUT2D eigenvalue weighted by Gasteiger charge is 2.24. The van der Waals surface area contributed by atoms with Crippen molar-refractivity contribution >= 4 is 18.3 Å². The number of unbranched alkanes of at least 4 members (excludes halogenated alkanes) is 3. The number of rotatable bonds is 7. The third-order valence-corrected chi connectivity index (χ3v) is 3.94. The zero-order valence-electron chi connectivity index (χ0n) is 13.1. The van der Waals surface area contributed by atoms with E-state index in [1.807, 2.05) is 23.1 Å². The Morgan fingerprint density at radius 1 is 1.18 bits per heavy atom. The lowest BCUT2D eigenvalue weighted by Crippen LogP contribution is -2.42. The summed E-state index contributed by atoms with van der Waals surface area (Å²) in [7, 11) is 0. The van der Waals surface area contributed by atoms with Crippen molar-refractivity contribution in [3.63, 3.8) is 0 Å². The van der Waals surface area contributed by atoms with E-state index in [0.29, 0.717) is 26.1 Å². The van der Waals surface area contributed by atoms with E-state index in [1.165, 1.54) is 0 Å². The third-order valence-electron chi connectivity index (χ3n) is 3.94. The summed E-state index contributed by atoms with van der Waals surface area (Å²) in [6.07, 6.45) is 4.90. The Morgan fingerprint density at radius 3 is 2.64 bits per heavy atom. The molecular weight excluding hydrogens is 300 g/mol. The van der Waals surface area contributed by atoms with Crippen LogP contribution in [-0.2, 0) is 9.53 Å². The van der Waals surface area contributed by atoms with Crippen LogP contribution in [0.25, 0.3) is 0 Å². The second-order valence-corrected chi connectivity index (χ2v) is 5.56. The summed E-state index contributed by atoms with van der Waals surface area (Å²) in [6.45, 7) is 2.76. The van der Waals surface area contributed by atoms with E-state index in [4.69, 9.17) is 10.5 Å². The van der Waals surface area contributed by atoms with Crippen molar-refractivity contribution in [2.24, 2.45) is 5.73 Å². The number of halogens is 1. The van der Waals surface area contributed by atoms with Gasteiger partial charge in [-0.05, 0) is 24.9 Å². The molecule has 1 saturated heterocycles. The lowest BCUT2D eigenvalue weighted by atomic mass is 10.1. The first kappa shape index (κ1) is 18.9. The summed E-state index contributed by atoms with van der Waals surface area (Å²) in [4.78, 5) is 14.2.